The summed E-state index contributed by atoms with van der Waals surface area (Å²) in [5.41, 5.74) is 3.46. The van der Waals surface area contributed by atoms with Gasteiger partial charge in [-0.1, -0.05) is 0 Å². The van der Waals surface area contributed by atoms with Crippen LogP contribution in [0.3, 0.4) is 0 Å². The molecule has 1 fully saturated rings. The molecule has 1 aliphatic rings. The first-order valence-corrected chi connectivity index (χ1v) is 9.29. The minimum absolute atomic E-state index is 0.145. The van der Waals surface area contributed by atoms with Crippen LogP contribution in [-0.2, 0) is 22.6 Å². The Labute approximate surface area is 158 Å². The summed E-state index contributed by atoms with van der Waals surface area (Å²) in [7, 11) is 1.72. The normalized spacial score (nSPS) is 14.7. The van der Waals surface area contributed by atoms with Crippen molar-refractivity contribution >= 4 is 16.8 Å². The van der Waals surface area contributed by atoms with Crippen molar-refractivity contribution < 1.29 is 9.53 Å². The second-order valence-corrected chi connectivity index (χ2v) is 7.31. The fourth-order valence-electron chi connectivity index (χ4n) is 3.71. The molecule has 1 amide bonds. The Hall–Kier alpha value is -2.67. The Morgan fingerprint density at radius 2 is 2.15 bits per heavy atom. The van der Waals surface area contributed by atoms with Gasteiger partial charge in [0.15, 0.2) is 5.82 Å². The summed E-state index contributed by atoms with van der Waals surface area (Å²) in [5, 5.41) is 5.86. The van der Waals surface area contributed by atoms with Gasteiger partial charge in [0.05, 0.1) is 6.61 Å². The average Bonchev–Trinajstić information content (AvgIpc) is 3.20. The number of carbonyl (C=O) groups is 1. The van der Waals surface area contributed by atoms with Crippen LogP contribution in [0.5, 0.6) is 0 Å². The van der Waals surface area contributed by atoms with Gasteiger partial charge in [-0.2, -0.15) is 5.10 Å². The third-order valence-corrected chi connectivity index (χ3v) is 5.26. The van der Waals surface area contributed by atoms with E-state index in [0.29, 0.717) is 12.5 Å². The van der Waals surface area contributed by atoms with Crippen LogP contribution in [0.15, 0.2) is 30.7 Å². The first-order valence-electron chi connectivity index (χ1n) is 9.29. The average molecular weight is 367 g/mol. The van der Waals surface area contributed by atoms with Gasteiger partial charge >= 0.3 is 0 Å². The van der Waals surface area contributed by atoms with E-state index in [1.807, 2.05) is 9.58 Å². The lowest BCUT2D eigenvalue weighted by atomic mass is 10.0. The molecular weight excluding hydrogens is 342 g/mol. The molecule has 0 spiro atoms. The molecule has 0 unspecified atom stereocenters. The number of nitrogens with zero attached hydrogens (tertiary/aromatic N) is 5. The largest absolute Gasteiger partial charge is 0.383 e. The predicted molar refractivity (Wildman–Crippen MR) is 103 cm³/mol. The van der Waals surface area contributed by atoms with Crippen LogP contribution in [0.1, 0.15) is 12.5 Å². The van der Waals surface area contributed by atoms with E-state index < -0.39 is 0 Å². The minimum Gasteiger partial charge on any atom is -0.383 e. The number of aromatic nitrogens is 4. The maximum Gasteiger partial charge on any atom is 0.219 e. The van der Waals surface area contributed by atoms with E-state index in [9.17, 15) is 4.79 Å². The number of aryl methyl sites for hydroxylation is 1. The van der Waals surface area contributed by atoms with E-state index in [4.69, 9.17) is 4.74 Å². The highest BCUT2D eigenvalue weighted by Gasteiger charge is 2.28. The number of hydrogen-bond acceptors (Lipinski definition) is 4. The molecule has 27 heavy (non-hydrogen) atoms. The smallest absolute Gasteiger partial charge is 0.219 e. The Morgan fingerprint density at radius 3 is 2.89 bits per heavy atom. The van der Waals surface area contributed by atoms with Gasteiger partial charge in [0, 0.05) is 68.8 Å². The van der Waals surface area contributed by atoms with Crippen molar-refractivity contribution in [1.29, 1.82) is 0 Å². The highest BCUT2D eigenvalue weighted by molar-refractivity contribution is 5.87. The van der Waals surface area contributed by atoms with E-state index in [2.05, 4.69) is 46.0 Å². The molecule has 0 saturated carbocycles. The molecule has 1 saturated heterocycles. The molecule has 0 radical (unpaired) electrons. The predicted octanol–water partition coefficient (Wildman–Crippen LogP) is 2.33. The molecule has 0 aliphatic carbocycles. The molecule has 4 rings (SSSR count). The van der Waals surface area contributed by atoms with E-state index >= 15 is 0 Å². The highest BCUT2D eigenvalue weighted by atomic mass is 16.5. The van der Waals surface area contributed by atoms with Crippen molar-refractivity contribution in [3.63, 3.8) is 0 Å². The van der Waals surface area contributed by atoms with Crippen LogP contribution in [0.25, 0.3) is 22.3 Å². The van der Waals surface area contributed by atoms with E-state index in [1.54, 1.807) is 20.4 Å². The van der Waals surface area contributed by atoms with Gasteiger partial charge in [-0.15, -0.1) is 0 Å². The molecule has 0 N–H and O–H groups in total. The van der Waals surface area contributed by atoms with Gasteiger partial charge in [-0.25, -0.2) is 4.98 Å². The van der Waals surface area contributed by atoms with Crippen LogP contribution < -0.4 is 0 Å². The molecular formula is C20H25N5O2. The van der Waals surface area contributed by atoms with Crippen molar-refractivity contribution in [2.75, 3.05) is 26.8 Å². The zero-order chi connectivity index (χ0) is 19.0. The van der Waals surface area contributed by atoms with Crippen LogP contribution in [0, 0.1) is 12.8 Å². The number of ether oxygens (including phenoxy) is 1. The van der Waals surface area contributed by atoms with Crippen LogP contribution >= 0.6 is 0 Å². The lowest BCUT2D eigenvalue weighted by Gasteiger charge is -2.38. The van der Waals surface area contributed by atoms with Gasteiger partial charge in [0.1, 0.15) is 6.33 Å². The Bertz CT molecular complexity index is 968. The van der Waals surface area contributed by atoms with Crippen molar-refractivity contribution in [3.8, 4) is 11.4 Å². The maximum absolute atomic E-state index is 11.3. The Balaban J connectivity index is 1.50. The summed E-state index contributed by atoms with van der Waals surface area (Å²) in [6.45, 7) is 7.69. The molecule has 7 nitrogen and oxygen atoms in total. The van der Waals surface area contributed by atoms with Crippen LogP contribution in [-0.4, -0.2) is 56.9 Å². The molecule has 1 aromatic carbocycles. The van der Waals surface area contributed by atoms with Gasteiger partial charge in [0.25, 0.3) is 0 Å². The first-order chi connectivity index (χ1) is 13.0. The number of amides is 1. The van der Waals surface area contributed by atoms with Crippen molar-refractivity contribution in [3.05, 3.63) is 36.3 Å². The first kappa shape index (κ1) is 17.7. The monoisotopic (exact) mass is 367 g/mol. The third kappa shape index (κ3) is 3.47. The standard InChI is InChI=1S/C20H25N5O2/c1-14-9-23(6-7-27-3)19-5-4-17(8-18(14)19)20-21-13-25(22-20)12-16-10-24(11-16)15(2)26/h4-5,8-9,13,16H,6-7,10-12H2,1-3H3. The second kappa shape index (κ2) is 7.15. The molecule has 2 aromatic heterocycles. The van der Waals surface area contributed by atoms with Crippen molar-refractivity contribution in [1.82, 2.24) is 24.2 Å². The molecule has 0 atom stereocenters. The Kier molecular flexibility index (Phi) is 4.70. The van der Waals surface area contributed by atoms with E-state index in [-0.39, 0.29) is 5.91 Å². The van der Waals surface area contributed by atoms with Crippen molar-refractivity contribution in [2.45, 2.75) is 26.9 Å². The molecule has 7 heteroatoms. The number of benzene rings is 1. The molecule has 142 valence electrons. The Morgan fingerprint density at radius 1 is 1.33 bits per heavy atom. The zero-order valence-corrected chi connectivity index (χ0v) is 16.1. The van der Waals surface area contributed by atoms with Crippen LogP contribution in [0.4, 0.5) is 0 Å². The number of likely N-dealkylation sites (tertiary alicyclic amines) is 1. The van der Waals surface area contributed by atoms with Gasteiger partial charge in [-0.3, -0.25) is 9.48 Å². The number of fused-ring (bicyclic) bond motifs is 1. The summed E-state index contributed by atoms with van der Waals surface area (Å²) in [4.78, 5) is 17.6. The number of rotatable bonds is 6. The third-order valence-electron chi connectivity index (χ3n) is 5.26. The summed E-state index contributed by atoms with van der Waals surface area (Å²) >= 11 is 0. The van der Waals surface area contributed by atoms with E-state index in [1.165, 1.54) is 16.5 Å². The highest BCUT2D eigenvalue weighted by Crippen LogP contribution is 2.26. The zero-order valence-electron chi connectivity index (χ0n) is 16.1. The summed E-state index contributed by atoms with van der Waals surface area (Å²) in [6.07, 6.45) is 3.95. The fraction of sp³-hybridized carbons (Fsp3) is 0.450. The minimum atomic E-state index is 0.145. The SMILES string of the molecule is COCCn1cc(C)c2cc(-c3ncn(CC4CN(C(C)=O)C4)n3)ccc21. The van der Waals surface area contributed by atoms with Gasteiger partial charge in [0.2, 0.25) is 5.91 Å². The molecule has 1 aliphatic heterocycles. The van der Waals surface area contributed by atoms with Crippen molar-refractivity contribution in [2.24, 2.45) is 5.92 Å². The molecule has 3 heterocycles. The van der Waals surface area contributed by atoms with Crippen LogP contribution in [0.2, 0.25) is 0 Å². The van der Waals surface area contributed by atoms with Gasteiger partial charge < -0.3 is 14.2 Å². The lowest BCUT2D eigenvalue weighted by Crippen LogP contribution is -2.50. The molecule has 0 bridgehead atoms. The lowest BCUT2D eigenvalue weighted by molar-refractivity contribution is -0.135. The number of hydrogen-bond donors (Lipinski definition) is 0. The number of carbonyl (C=O) groups excluding carboxylic acids is 1. The topological polar surface area (TPSA) is 65.2 Å². The maximum atomic E-state index is 11.3. The fourth-order valence-corrected chi connectivity index (χ4v) is 3.71. The quantitative estimate of drug-likeness (QED) is 0.671. The van der Waals surface area contributed by atoms with E-state index in [0.717, 1.165) is 37.6 Å². The summed E-state index contributed by atoms with van der Waals surface area (Å²) < 4.78 is 9.31. The summed E-state index contributed by atoms with van der Waals surface area (Å²) in [5.74, 6) is 1.35. The van der Waals surface area contributed by atoms with Gasteiger partial charge in [-0.05, 0) is 30.7 Å². The second-order valence-electron chi connectivity index (χ2n) is 7.31. The summed E-state index contributed by atoms with van der Waals surface area (Å²) in [6, 6.07) is 6.37. The molecule has 3 aromatic rings. The number of methoxy groups -OCH3 is 1.